The predicted octanol–water partition coefficient (Wildman–Crippen LogP) is 4.41. The van der Waals surface area contributed by atoms with Gasteiger partial charge in [-0.2, -0.15) is 13.2 Å². The standard InChI is InChI=1S/C21H24F3NO4/c1-6-11-25-12(2)16(19(26)28-4)18(17(13(25)3)20(27)29-5)14-9-7-8-10-15(14)21(22,23)24/h7-10,18H,6,11H2,1-5H3. The fourth-order valence-electron chi connectivity index (χ4n) is 3.73. The van der Waals surface area contributed by atoms with E-state index in [1.165, 1.54) is 18.2 Å². The minimum Gasteiger partial charge on any atom is -0.466 e. The number of hydrogen-bond acceptors (Lipinski definition) is 5. The van der Waals surface area contributed by atoms with Gasteiger partial charge in [0.15, 0.2) is 0 Å². The van der Waals surface area contributed by atoms with Crippen molar-refractivity contribution >= 4 is 11.9 Å². The summed E-state index contributed by atoms with van der Waals surface area (Å²) in [5.41, 5.74) is -0.239. The van der Waals surface area contributed by atoms with E-state index in [4.69, 9.17) is 9.47 Å². The number of rotatable bonds is 5. The van der Waals surface area contributed by atoms with Crippen molar-refractivity contribution in [3.05, 3.63) is 57.9 Å². The molecule has 0 bridgehead atoms. The molecule has 1 aromatic rings. The summed E-state index contributed by atoms with van der Waals surface area (Å²) in [4.78, 5) is 27.1. The fraction of sp³-hybridized carbons (Fsp3) is 0.429. The number of allylic oxidation sites excluding steroid dienone is 2. The van der Waals surface area contributed by atoms with Crippen LogP contribution in [-0.4, -0.2) is 37.6 Å². The maximum Gasteiger partial charge on any atom is 0.416 e. The van der Waals surface area contributed by atoms with Crippen molar-refractivity contribution in [2.75, 3.05) is 20.8 Å². The third-order valence-electron chi connectivity index (χ3n) is 5.00. The van der Waals surface area contributed by atoms with Crippen molar-refractivity contribution < 1.29 is 32.2 Å². The number of nitrogens with zero attached hydrogens (tertiary/aromatic N) is 1. The Morgan fingerprint density at radius 2 is 1.48 bits per heavy atom. The van der Waals surface area contributed by atoms with Crippen molar-refractivity contribution in [1.82, 2.24) is 4.90 Å². The lowest BCUT2D eigenvalue weighted by molar-refractivity contribution is -0.140. The van der Waals surface area contributed by atoms with E-state index in [-0.39, 0.29) is 16.7 Å². The highest BCUT2D eigenvalue weighted by Crippen LogP contribution is 2.46. The van der Waals surface area contributed by atoms with Crippen molar-refractivity contribution in [1.29, 1.82) is 0 Å². The minimum atomic E-state index is -4.67. The van der Waals surface area contributed by atoms with Gasteiger partial charge in [0.1, 0.15) is 0 Å². The molecule has 1 aromatic carbocycles. The average Bonchev–Trinajstić information content (AvgIpc) is 2.69. The third kappa shape index (κ3) is 4.16. The number of halogens is 3. The van der Waals surface area contributed by atoms with Crippen LogP contribution in [0.1, 0.15) is 44.2 Å². The zero-order valence-electron chi connectivity index (χ0n) is 17.0. The molecular weight excluding hydrogens is 387 g/mol. The number of benzene rings is 1. The van der Waals surface area contributed by atoms with Crippen LogP contribution in [0.5, 0.6) is 0 Å². The lowest BCUT2D eigenvalue weighted by Crippen LogP contribution is -2.36. The summed E-state index contributed by atoms with van der Waals surface area (Å²) in [6, 6.07) is 4.91. The molecule has 0 saturated heterocycles. The summed E-state index contributed by atoms with van der Waals surface area (Å²) in [6.45, 7) is 5.68. The molecule has 5 nitrogen and oxygen atoms in total. The highest BCUT2D eigenvalue weighted by molar-refractivity contribution is 6.00. The van der Waals surface area contributed by atoms with Crippen LogP contribution in [0.25, 0.3) is 0 Å². The van der Waals surface area contributed by atoms with Crippen LogP contribution in [0.15, 0.2) is 46.8 Å². The fourth-order valence-corrected chi connectivity index (χ4v) is 3.73. The molecule has 8 heteroatoms. The van der Waals surface area contributed by atoms with E-state index in [0.717, 1.165) is 20.3 Å². The molecule has 1 heterocycles. The van der Waals surface area contributed by atoms with Gasteiger partial charge < -0.3 is 14.4 Å². The molecule has 0 radical (unpaired) electrons. The Labute approximate surface area is 167 Å². The second kappa shape index (κ2) is 8.71. The highest BCUT2D eigenvalue weighted by Gasteiger charge is 2.44. The second-order valence-corrected chi connectivity index (χ2v) is 6.65. The molecule has 0 fully saturated rings. The molecule has 1 aliphatic rings. The van der Waals surface area contributed by atoms with Gasteiger partial charge in [-0.3, -0.25) is 0 Å². The summed E-state index contributed by atoms with van der Waals surface area (Å²) in [7, 11) is 2.31. The smallest absolute Gasteiger partial charge is 0.416 e. The molecule has 0 aromatic heterocycles. The zero-order chi connectivity index (χ0) is 21.9. The van der Waals surface area contributed by atoms with E-state index in [2.05, 4.69) is 0 Å². The van der Waals surface area contributed by atoms with Crippen molar-refractivity contribution in [2.45, 2.75) is 39.3 Å². The Morgan fingerprint density at radius 1 is 1.00 bits per heavy atom. The van der Waals surface area contributed by atoms with Gasteiger partial charge in [0.05, 0.1) is 36.8 Å². The number of alkyl halides is 3. The van der Waals surface area contributed by atoms with E-state index >= 15 is 0 Å². The SMILES string of the molecule is CCCN1C(C)=C(C(=O)OC)C(c2ccccc2C(F)(F)F)C(C(=O)OC)=C1C. The molecule has 1 aliphatic heterocycles. The van der Waals surface area contributed by atoms with E-state index in [0.29, 0.717) is 24.4 Å². The molecule has 0 aliphatic carbocycles. The number of esters is 2. The Hall–Kier alpha value is -2.77. The van der Waals surface area contributed by atoms with Gasteiger partial charge in [-0.1, -0.05) is 25.1 Å². The van der Waals surface area contributed by atoms with Crippen molar-refractivity contribution in [3.63, 3.8) is 0 Å². The first-order valence-electron chi connectivity index (χ1n) is 9.11. The first kappa shape index (κ1) is 22.5. The van der Waals surface area contributed by atoms with Gasteiger partial charge in [-0.05, 0) is 31.9 Å². The topological polar surface area (TPSA) is 55.8 Å². The molecule has 0 unspecified atom stereocenters. The molecule has 0 atom stereocenters. The normalized spacial score (nSPS) is 15.7. The van der Waals surface area contributed by atoms with Crippen LogP contribution >= 0.6 is 0 Å². The van der Waals surface area contributed by atoms with Crippen LogP contribution in [0.4, 0.5) is 13.2 Å². The maximum absolute atomic E-state index is 13.7. The molecular formula is C21H24F3NO4. The van der Waals surface area contributed by atoms with Crippen molar-refractivity contribution in [2.24, 2.45) is 0 Å². The summed E-state index contributed by atoms with van der Waals surface area (Å²) < 4.78 is 51.0. The van der Waals surface area contributed by atoms with E-state index in [9.17, 15) is 22.8 Å². The van der Waals surface area contributed by atoms with Gasteiger partial charge in [0, 0.05) is 17.9 Å². The molecule has 0 N–H and O–H groups in total. The third-order valence-corrected chi connectivity index (χ3v) is 5.00. The van der Waals surface area contributed by atoms with Crippen LogP contribution in [0.2, 0.25) is 0 Å². The molecule has 2 rings (SSSR count). The molecule has 29 heavy (non-hydrogen) atoms. The first-order valence-corrected chi connectivity index (χ1v) is 9.11. The van der Waals surface area contributed by atoms with Gasteiger partial charge in [-0.25, -0.2) is 9.59 Å². The summed E-state index contributed by atoms with van der Waals surface area (Å²) >= 11 is 0. The first-order chi connectivity index (χ1) is 13.6. The number of hydrogen-bond donors (Lipinski definition) is 0. The summed E-state index contributed by atoms with van der Waals surface area (Å²) in [5.74, 6) is -2.85. The monoisotopic (exact) mass is 411 g/mol. The van der Waals surface area contributed by atoms with Gasteiger partial charge in [-0.15, -0.1) is 0 Å². The molecule has 158 valence electrons. The lowest BCUT2D eigenvalue weighted by Gasteiger charge is -2.38. The zero-order valence-corrected chi connectivity index (χ0v) is 17.0. The molecule has 0 spiro atoms. The molecule has 0 amide bonds. The van der Waals surface area contributed by atoms with Gasteiger partial charge >= 0.3 is 18.1 Å². The Morgan fingerprint density at radius 3 is 1.90 bits per heavy atom. The predicted molar refractivity (Wildman–Crippen MR) is 101 cm³/mol. The average molecular weight is 411 g/mol. The van der Waals surface area contributed by atoms with Crippen LogP contribution in [-0.2, 0) is 25.2 Å². The van der Waals surface area contributed by atoms with E-state index in [1.54, 1.807) is 18.7 Å². The van der Waals surface area contributed by atoms with Gasteiger partial charge in [0.25, 0.3) is 0 Å². The highest BCUT2D eigenvalue weighted by atomic mass is 19.4. The second-order valence-electron chi connectivity index (χ2n) is 6.65. The number of ether oxygens (including phenoxy) is 2. The van der Waals surface area contributed by atoms with Crippen LogP contribution in [0.3, 0.4) is 0 Å². The Balaban J connectivity index is 2.91. The van der Waals surface area contributed by atoms with Crippen LogP contribution in [0, 0.1) is 0 Å². The summed E-state index contributed by atoms with van der Waals surface area (Å²) in [6.07, 6.45) is -3.97. The quantitative estimate of drug-likeness (QED) is 0.672. The Kier molecular flexibility index (Phi) is 6.77. The largest absolute Gasteiger partial charge is 0.466 e. The maximum atomic E-state index is 13.7. The van der Waals surface area contributed by atoms with Crippen molar-refractivity contribution in [3.8, 4) is 0 Å². The van der Waals surface area contributed by atoms with Crippen LogP contribution < -0.4 is 0 Å². The number of carbonyl (C=O) groups excluding carboxylic acids is 2. The Bertz CT molecular complexity index is 831. The number of carbonyl (C=O) groups is 2. The minimum absolute atomic E-state index is 0.0105. The summed E-state index contributed by atoms with van der Waals surface area (Å²) in [5, 5.41) is 0. The van der Waals surface area contributed by atoms with Gasteiger partial charge in [0.2, 0.25) is 0 Å². The lowest BCUT2D eigenvalue weighted by atomic mass is 9.78. The molecule has 0 saturated carbocycles. The van der Waals surface area contributed by atoms with E-state index < -0.39 is 29.6 Å². The number of methoxy groups -OCH3 is 2. The van der Waals surface area contributed by atoms with E-state index in [1.807, 2.05) is 6.92 Å².